The van der Waals surface area contributed by atoms with E-state index >= 15 is 0 Å². The first-order valence-electron chi connectivity index (χ1n) is 8.26. The summed E-state index contributed by atoms with van der Waals surface area (Å²) in [5.74, 6) is -3.73. The number of rotatable bonds is 5. The predicted octanol–water partition coefficient (Wildman–Crippen LogP) is 2.07. The number of carbonyl (C=O) groups is 1. The topological polar surface area (TPSA) is 125 Å². The largest absolute Gasteiger partial charge is 0.534 e. The van der Waals surface area contributed by atoms with E-state index in [1.807, 2.05) is 0 Å². The number of hydrogen-bond acceptors (Lipinski definition) is 9. The molecule has 0 bridgehead atoms. The molecule has 0 saturated carbocycles. The van der Waals surface area contributed by atoms with Crippen LogP contribution in [0.25, 0.3) is 0 Å². The quantitative estimate of drug-likeness (QED) is 0.272. The summed E-state index contributed by atoms with van der Waals surface area (Å²) in [4.78, 5) is 11.9. The maximum absolute atomic E-state index is 12.7. The predicted molar refractivity (Wildman–Crippen MR) is 93.3 cm³/mol. The van der Waals surface area contributed by atoms with Crippen LogP contribution in [-0.2, 0) is 41.7 Å². The summed E-state index contributed by atoms with van der Waals surface area (Å²) < 4.78 is 134. The number of fused-ring (bicyclic) bond motifs is 1. The van der Waals surface area contributed by atoms with Crippen molar-refractivity contribution in [1.82, 2.24) is 5.32 Å². The molecule has 9 nitrogen and oxygen atoms in total. The molecule has 1 atom stereocenters. The Hall–Kier alpha value is -2.27. The van der Waals surface area contributed by atoms with Gasteiger partial charge in [-0.2, -0.15) is 43.2 Å². The number of hydrogen-bond donors (Lipinski definition) is 1. The SMILES string of the molecule is COC(=O)C1Cc2cc(OS(=O)(=O)C(F)(F)F)c(OS(=O)(=O)C(F)(F)F)cc2C(C)(C)N1. The van der Waals surface area contributed by atoms with Gasteiger partial charge in [0.1, 0.15) is 6.04 Å². The second-order valence-electron chi connectivity index (χ2n) is 6.97. The highest BCUT2D eigenvalue weighted by molar-refractivity contribution is 7.88. The molecule has 0 aromatic heterocycles. The van der Waals surface area contributed by atoms with Gasteiger partial charge in [0.2, 0.25) is 0 Å². The van der Waals surface area contributed by atoms with E-state index in [2.05, 4.69) is 18.4 Å². The van der Waals surface area contributed by atoms with Crippen LogP contribution in [0.1, 0.15) is 25.0 Å². The molecule has 0 aliphatic carbocycles. The van der Waals surface area contributed by atoms with Crippen molar-refractivity contribution in [3.63, 3.8) is 0 Å². The Balaban J connectivity index is 2.71. The van der Waals surface area contributed by atoms with Gasteiger partial charge in [-0.25, -0.2) is 0 Å². The number of esters is 1. The van der Waals surface area contributed by atoms with Gasteiger partial charge in [0.15, 0.2) is 11.5 Å². The van der Waals surface area contributed by atoms with Crippen LogP contribution in [0.3, 0.4) is 0 Å². The van der Waals surface area contributed by atoms with Crippen molar-refractivity contribution in [2.45, 2.75) is 42.9 Å². The first-order chi connectivity index (χ1) is 14.2. The maximum atomic E-state index is 12.7. The van der Waals surface area contributed by atoms with Crippen LogP contribution in [-0.4, -0.2) is 47.0 Å². The third-order valence-electron chi connectivity index (χ3n) is 4.25. The summed E-state index contributed by atoms with van der Waals surface area (Å²) in [6, 6.07) is 0.0684. The van der Waals surface area contributed by atoms with Gasteiger partial charge in [0.25, 0.3) is 0 Å². The minimum Gasteiger partial charge on any atom is -0.468 e. The first kappa shape index (κ1) is 26.0. The normalized spacial score (nSPS) is 19.1. The molecule has 0 amide bonds. The lowest BCUT2D eigenvalue weighted by Gasteiger charge is -2.38. The third-order valence-corrected chi connectivity index (χ3v) is 6.19. The van der Waals surface area contributed by atoms with Crippen LogP contribution < -0.4 is 13.7 Å². The molecule has 0 fully saturated rings. The molecule has 1 unspecified atom stereocenters. The summed E-state index contributed by atoms with van der Waals surface area (Å²) >= 11 is 0. The van der Waals surface area contributed by atoms with Gasteiger partial charge in [0, 0.05) is 5.54 Å². The van der Waals surface area contributed by atoms with Crippen LogP contribution in [0.15, 0.2) is 12.1 Å². The zero-order chi connectivity index (χ0) is 24.9. The third kappa shape index (κ3) is 5.03. The Kier molecular flexibility index (Phi) is 6.45. The molecular formula is C15H15F6NO8S2. The average molecular weight is 515 g/mol. The lowest BCUT2D eigenvalue weighted by molar-refractivity contribution is -0.144. The summed E-state index contributed by atoms with van der Waals surface area (Å²) in [6.07, 6.45) is -0.305. The fourth-order valence-electron chi connectivity index (χ4n) is 2.88. The van der Waals surface area contributed by atoms with Crippen molar-refractivity contribution < 1.29 is 61.1 Å². The van der Waals surface area contributed by atoms with Crippen LogP contribution in [0.2, 0.25) is 0 Å². The van der Waals surface area contributed by atoms with Crippen molar-refractivity contribution in [1.29, 1.82) is 0 Å². The number of alkyl halides is 6. The molecule has 1 aliphatic heterocycles. The molecule has 1 heterocycles. The molecule has 1 aliphatic rings. The molecule has 1 aromatic carbocycles. The summed E-state index contributed by atoms with van der Waals surface area (Å²) in [5, 5.41) is 2.77. The first-order valence-corrected chi connectivity index (χ1v) is 11.1. The molecule has 2 rings (SSSR count). The molecule has 182 valence electrons. The minimum atomic E-state index is -6.42. The average Bonchev–Trinajstić information content (AvgIpc) is 2.59. The van der Waals surface area contributed by atoms with E-state index in [0.29, 0.717) is 12.1 Å². The van der Waals surface area contributed by atoms with Crippen molar-refractivity contribution >= 4 is 26.2 Å². The monoisotopic (exact) mass is 515 g/mol. The fourth-order valence-corrected chi connectivity index (χ4v) is 3.80. The lowest BCUT2D eigenvalue weighted by Crippen LogP contribution is -2.53. The van der Waals surface area contributed by atoms with E-state index in [4.69, 9.17) is 0 Å². The second kappa shape index (κ2) is 7.95. The van der Waals surface area contributed by atoms with Gasteiger partial charge < -0.3 is 13.1 Å². The van der Waals surface area contributed by atoms with Crippen LogP contribution >= 0.6 is 0 Å². The number of carbonyl (C=O) groups excluding carboxylic acids is 1. The lowest BCUT2D eigenvalue weighted by atomic mass is 9.82. The van der Waals surface area contributed by atoms with Gasteiger partial charge in [-0.1, -0.05) is 0 Å². The fraction of sp³-hybridized carbons (Fsp3) is 0.533. The van der Waals surface area contributed by atoms with Crippen molar-refractivity contribution in [2.75, 3.05) is 7.11 Å². The molecule has 0 spiro atoms. The highest BCUT2D eigenvalue weighted by Crippen LogP contribution is 2.42. The van der Waals surface area contributed by atoms with Crippen molar-refractivity contribution in [2.24, 2.45) is 0 Å². The van der Waals surface area contributed by atoms with E-state index in [0.717, 1.165) is 7.11 Å². The van der Waals surface area contributed by atoms with Crippen molar-refractivity contribution in [3.8, 4) is 11.5 Å². The Morgan fingerprint density at radius 1 is 0.969 bits per heavy atom. The Labute approximate surface area is 177 Å². The Morgan fingerprint density at radius 2 is 1.41 bits per heavy atom. The van der Waals surface area contributed by atoms with Gasteiger partial charge in [-0.05, 0) is 43.5 Å². The summed E-state index contributed by atoms with van der Waals surface area (Å²) in [7, 11) is -11.8. The molecular weight excluding hydrogens is 500 g/mol. The molecule has 0 saturated heterocycles. The number of nitrogens with one attached hydrogen (secondary N) is 1. The molecule has 32 heavy (non-hydrogen) atoms. The zero-order valence-electron chi connectivity index (χ0n) is 16.3. The van der Waals surface area contributed by atoms with Gasteiger partial charge in [-0.15, -0.1) is 0 Å². The van der Waals surface area contributed by atoms with Gasteiger partial charge in [-0.3, -0.25) is 10.1 Å². The van der Waals surface area contributed by atoms with E-state index < -0.39 is 60.3 Å². The summed E-state index contributed by atoms with van der Waals surface area (Å²) in [5.41, 5.74) is -13.3. The highest BCUT2D eigenvalue weighted by Gasteiger charge is 2.51. The number of methoxy groups -OCH3 is 1. The summed E-state index contributed by atoms with van der Waals surface area (Å²) in [6.45, 7) is 2.83. The van der Waals surface area contributed by atoms with E-state index in [1.54, 1.807) is 0 Å². The smallest absolute Gasteiger partial charge is 0.468 e. The van der Waals surface area contributed by atoms with Crippen LogP contribution in [0.5, 0.6) is 11.5 Å². The van der Waals surface area contributed by atoms with E-state index in [1.165, 1.54) is 13.8 Å². The molecule has 1 N–H and O–H groups in total. The molecule has 1 aromatic rings. The standard InChI is InChI=1S/C15H15F6NO8S2/c1-13(2)8-6-11(30-32(26,27)15(19,20)21)10(29-31(24,25)14(16,17)18)5-7(8)4-9(22-13)12(23)28-3/h5-6,9,22H,4H2,1-3H3. The maximum Gasteiger partial charge on any atom is 0.534 e. The Morgan fingerprint density at radius 3 is 1.81 bits per heavy atom. The number of halogens is 6. The minimum absolute atomic E-state index is 0.00165. The molecule has 0 radical (unpaired) electrons. The van der Waals surface area contributed by atoms with Crippen LogP contribution in [0.4, 0.5) is 26.3 Å². The van der Waals surface area contributed by atoms with Crippen LogP contribution in [0, 0.1) is 0 Å². The highest BCUT2D eigenvalue weighted by atomic mass is 32.2. The second-order valence-corrected chi connectivity index (χ2v) is 10.0. The van der Waals surface area contributed by atoms with E-state index in [9.17, 15) is 48.0 Å². The number of benzene rings is 1. The van der Waals surface area contributed by atoms with Crippen molar-refractivity contribution in [3.05, 3.63) is 23.3 Å². The van der Waals surface area contributed by atoms with Gasteiger partial charge in [0.05, 0.1) is 7.11 Å². The van der Waals surface area contributed by atoms with Gasteiger partial charge >= 0.3 is 37.2 Å². The van der Waals surface area contributed by atoms with E-state index in [-0.39, 0.29) is 17.5 Å². The number of ether oxygens (including phenoxy) is 1. The molecule has 17 heteroatoms. The zero-order valence-corrected chi connectivity index (χ0v) is 17.9. The Bertz CT molecular complexity index is 1130.